The molecule has 1 saturated heterocycles. The summed E-state index contributed by atoms with van der Waals surface area (Å²) < 4.78 is 5.14. The van der Waals surface area contributed by atoms with Crippen molar-refractivity contribution in [1.82, 2.24) is 20.0 Å². The molecular formula is C13H16N4O2S. The lowest BCUT2D eigenvalue weighted by Gasteiger charge is -2.25. The number of likely N-dealkylation sites (tertiary alicyclic amines) is 1. The van der Waals surface area contributed by atoms with Crippen molar-refractivity contribution in [3.05, 3.63) is 16.2 Å². The molecule has 106 valence electrons. The molecule has 7 heteroatoms. The molecule has 1 aliphatic heterocycles. The lowest BCUT2D eigenvalue weighted by atomic mass is 10.1. The lowest BCUT2D eigenvalue weighted by molar-refractivity contribution is 0.0724. The van der Waals surface area contributed by atoms with Crippen LogP contribution in [0.1, 0.15) is 41.8 Å². The summed E-state index contributed by atoms with van der Waals surface area (Å²) in [6.07, 6.45) is 4.07. The molecule has 2 aromatic rings. The Morgan fingerprint density at radius 1 is 1.35 bits per heavy atom. The second-order valence-electron chi connectivity index (χ2n) is 4.76. The van der Waals surface area contributed by atoms with Crippen LogP contribution in [0.25, 0.3) is 11.6 Å². The molecule has 0 bridgehead atoms. The van der Waals surface area contributed by atoms with Gasteiger partial charge >= 0.3 is 0 Å². The second kappa shape index (κ2) is 5.70. The van der Waals surface area contributed by atoms with Crippen molar-refractivity contribution < 1.29 is 9.32 Å². The minimum atomic E-state index is 0.0104. The maximum Gasteiger partial charge on any atom is 0.282 e. The van der Waals surface area contributed by atoms with E-state index in [-0.39, 0.29) is 5.91 Å². The summed E-state index contributed by atoms with van der Waals surface area (Å²) in [6.45, 7) is 3.61. The minimum Gasteiger partial charge on any atom is -0.337 e. The Hall–Kier alpha value is -1.76. The quantitative estimate of drug-likeness (QED) is 0.868. The molecule has 0 N–H and O–H groups in total. The fraction of sp³-hybridized carbons (Fsp3) is 0.538. The summed E-state index contributed by atoms with van der Waals surface area (Å²) >= 11 is 1.33. The molecule has 0 radical (unpaired) electrons. The molecule has 0 saturated carbocycles. The topological polar surface area (TPSA) is 72.1 Å². The average molecular weight is 292 g/mol. The van der Waals surface area contributed by atoms with Crippen LogP contribution in [0, 0.1) is 0 Å². The van der Waals surface area contributed by atoms with Crippen LogP contribution < -0.4 is 0 Å². The van der Waals surface area contributed by atoms with Crippen LogP contribution in [0.2, 0.25) is 0 Å². The molecule has 0 spiro atoms. The molecular weight excluding hydrogens is 276 g/mol. The van der Waals surface area contributed by atoms with Crippen molar-refractivity contribution in [3.63, 3.8) is 0 Å². The Morgan fingerprint density at radius 3 is 2.85 bits per heavy atom. The summed E-state index contributed by atoms with van der Waals surface area (Å²) in [6, 6.07) is 0. The number of aromatic nitrogens is 3. The molecule has 0 atom stereocenters. The number of carbonyl (C=O) groups excluding carboxylic acids is 1. The van der Waals surface area contributed by atoms with Crippen molar-refractivity contribution in [3.8, 4) is 11.6 Å². The summed E-state index contributed by atoms with van der Waals surface area (Å²) in [4.78, 5) is 22.7. The van der Waals surface area contributed by atoms with Crippen LogP contribution >= 0.6 is 11.3 Å². The van der Waals surface area contributed by atoms with Crippen LogP contribution in [-0.4, -0.2) is 39.0 Å². The van der Waals surface area contributed by atoms with E-state index in [0.29, 0.717) is 28.8 Å². The number of hydrogen-bond acceptors (Lipinski definition) is 6. The normalized spacial score (nSPS) is 15.6. The Bertz CT molecular complexity index is 601. The van der Waals surface area contributed by atoms with Gasteiger partial charge in [-0.05, 0) is 19.3 Å². The number of carbonyl (C=O) groups is 1. The van der Waals surface area contributed by atoms with Crippen LogP contribution in [-0.2, 0) is 6.42 Å². The first-order valence-corrected chi connectivity index (χ1v) is 7.73. The molecule has 1 fully saturated rings. The van der Waals surface area contributed by atoms with Crippen LogP contribution in [0.15, 0.2) is 9.90 Å². The summed E-state index contributed by atoms with van der Waals surface area (Å²) in [5.74, 6) is 1.05. The maximum atomic E-state index is 12.3. The zero-order valence-corrected chi connectivity index (χ0v) is 12.2. The zero-order valence-electron chi connectivity index (χ0n) is 11.3. The predicted octanol–water partition coefficient (Wildman–Crippen LogP) is 2.38. The van der Waals surface area contributed by atoms with Gasteiger partial charge in [0.25, 0.3) is 11.8 Å². The van der Waals surface area contributed by atoms with Crippen molar-refractivity contribution >= 4 is 17.2 Å². The van der Waals surface area contributed by atoms with Crippen molar-refractivity contribution in [2.75, 3.05) is 13.1 Å². The van der Waals surface area contributed by atoms with Gasteiger partial charge < -0.3 is 9.42 Å². The number of nitrogens with zero attached hydrogens (tertiary/aromatic N) is 4. The third kappa shape index (κ3) is 2.58. The van der Waals surface area contributed by atoms with Gasteiger partial charge in [0.2, 0.25) is 0 Å². The van der Waals surface area contributed by atoms with E-state index in [9.17, 15) is 4.79 Å². The van der Waals surface area contributed by atoms with Gasteiger partial charge in [-0.1, -0.05) is 12.1 Å². The molecule has 0 unspecified atom stereocenters. The van der Waals surface area contributed by atoms with Gasteiger partial charge in [-0.15, -0.1) is 11.3 Å². The van der Waals surface area contributed by atoms with Gasteiger partial charge in [0.1, 0.15) is 5.69 Å². The highest BCUT2D eigenvalue weighted by atomic mass is 32.1. The van der Waals surface area contributed by atoms with Crippen LogP contribution in [0.3, 0.4) is 0 Å². The minimum absolute atomic E-state index is 0.0104. The number of thiazole rings is 1. The molecule has 0 aliphatic carbocycles. The van der Waals surface area contributed by atoms with Gasteiger partial charge in [0.15, 0.2) is 10.8 Å². The molecule has 3 rings (SSSR count). The highest BCUT2D eigenvalue weighted by molar-refractivity contribution is 7.12. The average Bonchev–Trinajstić information content (AvgIpc) is 3.16. The first kappa shape index (κ1) is 13.2. The van der Waals surface area contributed by atoms with Gasteiger partial charge in [-0.3, -0.25) is 4.79 Å². The molecule has 1 amide bonds. The smallest absolute Gasteiger partial charge is 0.282 e. The van der Waals surface area contributed by atoms with E-state index in [4.69, 9.17) is 4.52 Å². The van der Waals surface area contributed by atoms with E-state index in [0.717, 1.165) is 25.9 Å². The van der Waals surface area contributed by atoms with E-state index in [1.807, 2.05) is 11.8 Å². The molecule has 6 nitrogen and oxygen atoms in total. The molecule has 3 heterocycles. The van der Waals surface area contributed by atoms with E-state index in [1.165, 1.54) is 17.8 Å². The fourth-order valence-electron chi connectivity index (χ4n) is 2.20. The monoisotopic (exact) mass is 292 g/mol. The van der Waals surface area contributed by atoms with Crippen LogP contribution in [0.5, 0.6) is 0 Å². The Balaban J connectivity index is 1.77. The third-order valence-electron chi connectivity index (χ3n) is 3.33. The maximum absolute atomic E-state index is 12.3. The predicted molar refractivity (Wildman–Crippen MR) is 74.5 cm³/mol. The van der Waals surface area contributed by atoms with E-state index >= 15 is 0 Å². The number of hydrogen-bond donors (Lipinski definition) is 0. The Labute approximate surface area is 120 Å². The number of amides is 1. The van der Waals surface area contributed by atoms with Crippen molar-refractivity contribution in [2.45, 2.75) is 32.6 Å². The van der Waals surface area contributed by atoms with Gasteiger partial charge in [0, 0.05) is 24.9 Å². The van der Waals surface area contributed by atoms with Crippen LogP contribution in [0.4, 0.5) is 0 Å². The molecule has 0 aromatic carbocycles. The number of piperidine rings is 1. The van der Waals surface area contributed by atoms with Crippen molar-refractivity contribution in [1.29, 1.82) is 0 Å². The van der Waals surface area contributed by atoms with Gasteiger partial charge in [0.05, 0.1) is 0 Å². The summed E-state index contributed by atoms with van der Waals surface area (Å²) in [5.41, 5.74) is 0.586. The largest absolute Gasteiger partial charge is 0.337 e. The lowest BCUT2D eigenvalue weighted by Crippen LogP contribution is -2.35. The first-order chi connectivity index (χ1) is 9.78. The summed E-state index contributed by atoms with van der Waals surface area (Å²) in [7, 11) is 0. The Kier molecular flexibility index (Phi) is 3.77. The van der Waals surface area contributed by atoms with Gasteiger partial charge in [-0.2, -0.15) is 4.98 Å². The molecule has 2 aromatic heterocycles. The number of rotatable bonds is 3. The zero-order chi connectivity index (χ0) is 13.9. The fourth-order valence-corrected chi connectivity index (χ4v) is 2.96. The Morgan fingerprint density at radius 2 is 2.15 bits per heavy atom. The number of aryl methyl sites for hydroxylation is 1. The molecule has 20 heavy (non-hydrogen) atoms. The highest BCUT2D eigenvalue weighted by Gasteiger charge is 2.22. The molecule has 1 aliphatic rings. The van der Waals surface area contributed by atoms with E-state index in [2.05, 4.69) is 15.1 Å². The summed E-state index contributed by atoms with van der Waals surface area (Å²) in [5, 5.41) is 6.13. The SMILES string of the molecule is CCc1noc(-c2csc(C(=O)N3CCCCC3)n2)n1. The van der Waals surface area contributed by atoms with Gasteiger partial charge in [-0.25, -0.2) is 4.98 Å². The third-order valence-corrected chi connectivity index (χ3v) is 4.16. The standard InChI is InChI=1S/C13H16N4O2S/c1-2-10-15-11(19-16-10)9-8-20-12(14-9)13(18)17-6-4-3-5-7-17/h8H,2-7H2,1H3. The van der Waals surface area contributed by atoms with Crippen molar-refractivity contribution in [2.24, 2.45) is 0 Å². The first-order valence-electron chi connectivity index (χ1n) is 6.85. The highest BCUT2D eigenvalue weighted by Crippen LogP contribution is 2.22. The second-order valence-corrected chi connectivity index (χ2v) is 5.62. The van der Waals surface area contributed by atoms with E-state index < -0.39 is 0 Å². The van der Waals surface area contributed by atoms with E-state index in [1.54, 1.807) is 5.38 Å².